The Kier molecular flexibility index (Phi) is 3.24. The zero-order valence-electron chi connectivity index (χ0n) is 11.6. The maximum absolute atomic E-state index is 12.1. The molecule has 1 aromatic rings. The van der Waals surface area contributed by atoms with Crippen molar-refractivity contribution in [2.24, 2.45) is 0 Å². The molecular weight excluding hydrogens is 280 g/mol. The van der Waals surface area contributed by atoms with Crippen LogP contribution in [0.3, 0.4) is 0 Å². The van der Waals surface area contributed by atoms with Gasteiger partial charge in [0, 0.05) is 12.1 Å². The van der Waals surface area contributed by atoms with E-state index < -0.39 is 28.4 Å². The highest BCUT2D eigenvalue weighted by Gasteiger charge is 2.42. The van der Waals surface area contributed by atoms with Crippen molar-refractivity contribution in [2.75, 3.05) is 0 Å². The average Bonchev–Trinajstić information content (AvgIpc) is 2.59. The van der Waals surface area contributed by atoms with Crippen LogP contribution in [-0.2, 0) is 4.74 Å². The van der Waals surface area contributed by atoms with Gasteiger partial charge in [0.1, 0.15) is 5.60 Å². The van der Waals surface area contributed by atoms with Crippen LogP contribution in [0.5, 0.6) is 0 Å². The number of carbonyl (C=O) groups excluding carboxylic acids is 3. The molecule has 1 heterocycles. The largest absolute Gasteiger partial charge is 0.443 e. The number of hydrogen-bond acceptors (Lipinski definition) is 6. The van der Waals surface area contributed by atoms with Gasteiger partial charge in [0.05, 0.1) is 16.1 Å². The normalized spacial score (nSPS) is 14.1. The van der Waals surface area contributed by atoms with Gasteiger partial charge in [-0.1, -0.05) is 0 Å². The highest BCUT2D eigenvalue weighted by molar-refractivity contribution is 6.28. The smallest absolute Gasteiger partial charge is 0.424 e. The molecular formula is C13H12N2O6. The zero-order chi connectivity index (χ0) is 15.9. The first-order valence-corrected chi connectivity index (χ1v) is 6.02. The Morgan fingerprint density at radius 2 is 1.76 bits per heavy atom. The molecule has 1 aliphatic heterocycles. The van der Waals surface area contributed by atoms with E-state index in [1.165, 1.54) is 0 Å². The van der Waals surface area contributed by atoms with E-state index in [2.05, 4.69) is 0 Å². The molecule has 0 atom stereocenters. The van der Waals surface area contributed by atoms with Crippen molar-refractivity contribution in [3.63, 3.8) is 0 Å². The second kappa shape index (κ2) is 4.65. The summed E-state index contributed by atoms with van der Waals surface area (Å²) in [4.78, 5) is 46.4. The minimum atomic E-state index is -1.10. The zero-order valence-corrected chi connectivity index (χ0v) is 11.6. The van der Waals surface area contributed by atoms with Crippen molar-refractivity contribution >= 4 is 23.6 Å². The summed E-state index contributed by atoms with van der Waals surface area (Å²) >= 11 is 0. The Morgan fingerprint density at radius 1 is 1.19 bits per heavy atom. The molecule has 0 bridgehead atoms. The van der Waals surface area contributed by atoms with Gasteiger partial charge in [-0.2, -0.15) is 4.90 Å². The Labute approximate surface area is 119 Å². The molecule has 0 aromatic heterocycles. The first kappa shape index (κ1) is 14.6. The molecule has 110 valence electrons. The summed E-state index contributed by atoms with van der Waals surface area (Å²) in [5.74, 6) is -1.77. The summed E-state index contributed by atoms with van der Waals surface area (Å²) < 4.78 is 4.98. The number of ether oxygens (including phenoxy) is 1. The van der Waals surface area contributed by atoms with E-state index in [1.54, 1.807) is 20.8 Å². The summed E-state index contributed by atoms with van der Waals surface area (Å²) in [5, 5.41) is 10.7. The summed E-state index contributed by atoms with van der Waals surface area (Å²) in [6.07, 6.45) is -1.10. The maximum atomic E-state index is 12.1. The number of rotatable bonds is 1. The molecule has 0 saturated carbocycles. The summed E-state index contributed by atoms with van der Waals surface area (Å²) in [7, 11) is 0. The van der Waals surface area contributed by atoms with Crippen molar-refractivity contribution in [3.05, 3.63) is 39.4 Å². The Balaban J connectivity index is 2.38. The van der Waals surface area contributed by atoms with Crippen LogP contribution in [0.4, 0.5) is 10.5 Å². The van der Waals surface area contributed by atoms with Gasteiger partial charge in [-0.05, 0) is 26.8 Å². The minimum Gasteiger partial charge on any atom is -0.443 e. The molecule has 21 heavy (non-hydrogen) atoms. The number of nitrogens with zero attached hydrogens (tertiary/aromatic N) is 2. The van der Waals surface area contributed by atoms with E-state index in [9.17, 15) is 24.5 Å². The molecule has 3 amide bonds. The number of benzene rings is 1. The van der Waals surface area contributed by atoms with Crippen molar-refractivity contribution in [3.8, 4) is 0 Å². The van der Waals surface area contributed by atoms with Crippen molar-refractivity contribution in [1.29, 1.82) is 0 Å². The Hall–Kier alpha value is -2.77. The number of non-ortho nitro benzene ring substituents is 1. The van der Waals surface area contributed by atoms with E-state index in [4.69, 9.17) is 4.74 Å². The molecule has 8 heteroatoms. The molecule has 8 nitrogen and oxygen atoms in total. The molecule has 0 unspecified atom stereocenters. The second-order valence-corrected chi connectivity index (χ2v) is 5.41. The molecule has 1 aromatic carbocycles. The summed E-state index contributed by atoms with van der Waals surface area (Å²) in [6.45, 7) is 4.77. The maximum Gasteiger partial charge on any atom is 0.424 e. The molecule has 0 saturated heterocycles. The van der Waals surface area contributed by atoms with E-state index in [0.29, 0.717) is 4.90 Å². The van der Waals surface area contributed by atoms with E-state index >= 15 is 0 Å². The molecule has 0 fully saturated rings. The van der Waals surface area contributed by atoms with Gasteiger partial charge in [0.25, 0.3) is 17.5 Å². The van der Waals surface area contributed by atoms with E-state index in [1.807, 2.05) is 0 Å². The third kappa shape index (κ3) is 2.60. The van der Waals surface area contributed by atoms with Gasteiger partial charge in [0.2, 0.25) is 0 Å². The van der Waals surface area contributed by atoms with Crippen LogP contribution in [0, 0.1) is 10.1 Å². The number of imide groups is 3. The topological polar surface area (TPSA) is 107 Å². The van der Waals surface area contributed by atoms with Crippen LogP contribution >= 0.6 is 0 Å². The van der Waals surface area contributed by atoms with Gasteiger partial charge in [-0.25, -0.2) is 4.79 Å². The quantitative estimate of drug-likeness (QED) is 0.446. The lowest BCUT2D eigenvalue weighted by atomic mass is 10.1. The predicted molar refractivity (Wildman–Crippen MR) is 69.8 cm³/mol. The molecule has 0 N–H and O–H groups in total. The number of fused-ring (bicyclic) bond motifs is 1. The SMILES string of the molecule is CC(C)(C)OC(=O)N1C(=O)c2ccc([N+](=O)[O-])cc2C1=O. The summed E-state index contributed by atoms with van der Waals surface area (Å²) in [5.41, 5.74) is -1.45. The fourth-order valence-electron chi connectivity index (χ4n) is 1.82. The average molecular weight is 292 g/mol. The highest BCUT2D eigenvalue weighted by atomic mass is 16.6. The monoisotopic (exact) mass is 292 g/mol. The number of nitro benzene ring substituents is 1. The minimum absolute atomic E-state index is 0.0588. The van der Waals surface area contributed by atoms with Crippen molar-refractivity contribution in [2.45, 2.75) is 26.4 Å². The van der Waals surface area contributed by atoms with E-state index in [-0.39, 0.29) is 16.8 Å². The number of hydrogen-bond donors (Lipinski definition) is 0. The molecule has 0 spiro atoms. The van der Waals surface area contributed by atoms with Crippen LogP contribution in [0.15, 0.2) is 18.2 Å². The number of amides is 3. The fraction of sp³-hybridized carbons (Fsp3) is 0.308. The van der Waals surface area contributed by atoms with Crippen molar-refractivity contribution in [1.82, 2.24) is 4.90 Å². The molecule has 0 aliphatic carbocycles. The van der Waals surface area contributed by atoms with Gasteiger partial charge >= 0.3 is 6.09 Å². The lowest BCUT2D eigenvalue weighted by Crippen LogP contribution is -2.40. The fourth-order valence-corrected chi connectivity index (χ4v) is 1.82. The van der Waals surface area contributed by atoms with Crippen LogP contribution in [0.25, 0.3) is 0 Å². The number of carbonyl (C=O) groups is 3. The molecule has 1 aliphatic rings. The van der Waals surface area contributed by atoms with Gasteiger partial charge < -0.3 is 4.74 Å². The predicted octanol–water partition coefficient (Wildman–Crippen LogP) is 2.13. The van der Waals surface area contributed by atoms with E-state index in [0.717, 1.165) is 18.2 Å². The Morgan fingerprint density at radius 3 is 2.29 bits per heavy atom. The summed E-state index contributed by atoms with van der Waals surface area (Å²) in [6, 6.07) is 3.22. The lowest BCUT2D eigenvalue weighted by Gasteiger charge is -2.22. The van der Waals surface area contributed by atoms with Gasteiger partial charge in [-0.3, -0.25) is 19.7 Å². The first-order chi connectivity index (χ1) is 9.61. The molecule has 2 rings (SSSR count). The van der Waals surface area contributed by atoms with Crippen molar-refractivity contribution < 1.29 is 24.0 Å². The van der Waals surface area contributed by atoms with Crippen LogP contribution < -0.4 is 0 Å². The van der Waals surface area contributed by atoms with Gasteiger partial charge in [-0.15, -0.1) is 0 Å². The van der Waals surface area contributed by atoms with Crippen LogP contribution in [-0.4, -0.2) is 33.3 Å². The third-order valence-corrected chi connectivity index (χ3v) is 2.66. The van der Waals surface area contributed by atoms with Crippen LogP contribution in [0.1, 0.15) is 41.5 Å². The standard InChI is InChI=1S/C13H12N2O6/c1-13(2,3)21-12(18)14-10(16)8-5-4-7(15(19)20)6-9(8)11(14)17/h4-6H,1-3H3. The highest BCUT2D eigenvalue weighted by Crippen LogP contribution is 2.28. The van der Waals surface area contributed by atoms with Crippen LogP contribution in [0.2, 0.25) is 0 Å². The molecule has 0 radical (unpaired) electrons. The first-order valence-electron chi connectivity index (χ1n) is 6.02. The number of nitro groups is 1. The lowest BCUT2D eigenvalue weighted by molar-refractivity contribution is -0.384. The second-order valence-electron chi connectivity index (χ2n) is 5.41. The van der Waals surface area contributed by atoms with Gasteiger partial charge in [0.15, 0.2) is 0 Å². The third-order valence-electron chi connectivity index (χ3n) is 2.66. The Bertz CT molecular complexity index is 674.